The number of nitrogens with zero attached hydrogens (tertiary/aromatic N) is 1. The van der Waals surface area contributed by atoms with Crippen molar-refractivity contribution in [1.82, 2.24) is 4.90 Å². The van der Waals surface area contributed by atoms with Gasteiger partial charge < -0.3 is 18.6 Å². The lowest BCUT2D eigenvalue weighted by molar-refractivity contribution is -0.122. The van der Waals surface area contributed by atoms with Crippen molar-refractivity contribution in [2.75, 3.05) is 20.3 Å². The molecule has 3 aromatic rings. The fourth-order valence-corrected chi connectivity index (χ4v) is 4.32. The number of para-hydroxylation sites is 1. The molecule has 0 N–H and O–H groups in total. The third kappa shape index (κ3) is 5.33. The van der Waals surface area contributed by atoms with E-state index in [-0.39, 0.29) is 5.91 Å². The van der Waals surface area contributed by atoms with Gasteiger partial charge in [0.15, 0.2) is 11.5 Å². The molecular formula is C24H21NO5S2. The van der Waals surface area contributed by atoms with Crippen molar-refractivity contribution in [3.8, 4) is 17.2 Å². The molecule has 1 amide bonds. The van der Waals surface area contributed by atoms with Gasteiger partial charge in [-0.2, -0.15) is 0 Å². The number of carbonyl (C=O) groups excluding carboxylic acids is 1. The van der Waals surface area contributed by atoms with Crippen LogP contribution in [0.3, 0.4) is 0 Å². The van der Waals surface area contributed by atoms with Crippen LogP contribution in [0.15, 0.2) is 76.2 Å². The molecular weight excluding hydrogens is 446 g/mol. The van der Waals surface area contributed by atoms with E-state index in [2.05, 4.69) is 0 Å². The average Bonchev–Trinajstić information content (AvgIpc) is 3.42. The number of thioether (sulfide) groups is 1. The summed E-state index contributed by atoms with van der Waals surface area (Å²) in [6.07, 6.45) is 3.37. The number of amides is 1. The van der Waals surface area contributed by atoms with Gasteiger partial charge in [0, 0.05) is 0 Å². The molecule has 4 rings (SSSR count). The Bertz CT molecular complexity index is 1110. The van der Waals surface area contributed by atoms with Crippen molar-refractivity contribution in [1.29, 1.82) is 0 Å². The molecule has 0 unspecified atom stereocenters. The first-order valence-electron chi connectivity index (χ1n) is 9.90. The Morgan fingerprint density at radius 1 is 1.03 bits per heavy atom. The maximum absolute atomic E-state index is 12.8. The van der Waals surface area contributed by atoms with Crippen LogP contribution in [0, 0.1) is 0 Å². The van der Waals surface area contributed by atoms with Crippen molar-refractivity contribution in [2.24, 2.45) is 0 Å². The summed E-state index contributed by atoms with van der Waals surface area (Å²) in [5.41, 5.74) is 0.813. The molecule has 2 heterocycles. The fraction of sp³-hybridized carbons (Fsp3) is 0.167. The molecule has 2 aromatic carbocycles. The lowest BCUT2D eigenvalue weighted by Crippen LogP contribution is -2.27. The van der Waals surface area contributed by atoms with Crippen molar-refractivity contribution < 1.29 is 23.4 Å². The number of hydrogen-bond acceptors (Lipinski definition) is 7. The van der Waals surface area contributed by atoms with E-state index in [1.54, 1.807) is 25.5 Å². The molecule has 8 heteroatoms. The third-order valence-corrected chi connectivity index (χ3v) is 5.98. The second-order valence-electron chi connectivity index (χ2n) is 6.77. The Morgan fingerprint density at radius 2 is 1.84 bits per heavy atom. The Morgan fingerprint density at radius 3 is 2.59 bits per heavy atom. The molecule has 0 bridgehead atoms. The van der Waals surface area contributed by atoms with Gasteiger partial charge in [-0.3, -0.25) is 9.69 Å². The monoisotopic (exact) mass is 467 g/mol. The van der Waals surface area contributed by atoms with E-state index in [9.17, 15) is 4.79 Å². The Balaban J connectivity index is 1.39. The molecule has 1 aliphatic heterocycles. The van der Waals surface area contributed by atoms with E-state index in [1.807, 2.05) is 54.6 Å². The predicted octanol–water partition coefficient (Wildman–Crippen LogP) is 5.15. The zero-order valence-electron chi connectivity index (χ0n) is 17.4. The number of hydrogen-bond donors (Lipinski definition) is 0. The zero-order valence-corrected chi connectivity index (χ0v) is 19.0. The normalized spacial score (nSPS) is 14.8. The van der Waals surface area contributed by atoms with E-state index < -0.39 is 0 Å². The molecule has 0 spiro atoms. The summed E-state index contributed by atoms with van der Waals surface area (Å²) in [5.74, 6) is 2.51. The van der Waals surface area contributed by atoms with E-state index >= 15 is 0 Å². The van der Waals surface area contributed by atoms with Gasteiger partial charge in [0.25, 0.3) is 5.91 Å². The van der Waals surface area contributed by atoms with Crippen LogP contribution in [0.1, 0.15) is 11.3 Å². The molecule has 1 aliphatic rings. The average molecular weight is 468 g/mol. The van der Waals surface area contributed by atoms with Gasteiger partial charge in [-0.1, -0.05) is 48.2 Å². The molecule has 1 fully saturated rings. The number of benzene rings is 2. The summed E-state index contributed by atoms with van der Waals surface area (Å²) in [4.78, 5) is 14.9. The SMILES string of the molecule is COc1cc(/C=C2\SC(=S)N(Cc3ccco3)C2=O)ccc1OCCOc1ccccc1. The molecule has 32 heavy (non-hydrogen) atoms. The summed E-state index contributed by atoms with van der Waals surface area (Å²) >= 11 is 6.65. The van der Waals surface area contributed by atoms with Gasteiger partial charge in [-0.15, -0.1) is 0 Å². The van der Waals surface area contributed by atoms with Crippen LogP contribution < -0.4 is 14.2 Å². The first-order valence-corrected chi connectivity index (χ1v) is 11.1. The number of thiocarbonyl (C=S) groups is 1. The van der Waals surface area contributed by atoms with Crippen LogP contribution in [-0.2, 0) is 11.3 Å². The minimum atomic E-state index is -0.145. The number of ether oxygens (including phenoxy) is 3. The molecule has 0 atom stereocenters. The van der Waals surface area contributed by atoms with Crippen LogP contribution >= 0.6 is 24.0 Å². The standard InChI is InChI=1S/C24H21NO5S2/c1-27-21-14-17(9-10-20(21)30-13-12-29-18-6-3-2-4-7-18)15-22-23(26)25(24(31)32-22)16-19-8-5-11-28-19/h2-11,14-15H,12-13,16H2,1H3/b22-15-. The highest BCUT2D eigenvalue weighted by molar-refractivity contribution is 8.26. The van der Waals surface area contributed by atoms with Gasteiger partial charge in [-0.05, 0) is 48.0 Å². The van der Waals surface area contributed by atoms with Crippen molar-refractivity contribution in [2.45, 2.75) is 6.54 Å². The van der Waals surface area contributed by atoms with E-state index in [0.29, 0.717) is 46.2 Å². The van der Waals surface area contributed by atoms with Crippen molar-refractivity contribution >= 4 is 40.3 Å². The molecule has 6 nitrogen and oxygen atoms in total. The van der Waals surface area contributed by atoms with Crippen LogP contribution in [-0.4, -0.2) is 35.5 Å². The fourth-order valence-electron chi connectivity index (χ4n) is 3.07. The second-order valence-corrected chi connectivity index (χ2v) is 8.44. The number of methoxy groups -OCH3 is 1. The van der Waals surface area contributed by atoms with Gasteiger partial charge >= 0.3 is 0 Å². The lowest BCUT2D eigenvalue weighted by Gasteiger charge is -2.12. The zero-order chi connectivity index (χ0) is 22.3. The Hall–Kier alpha value is -3.23. The molecule has 0 aliphatic carbocycles. The topological polar surface area (TPSA) is 61.1 Å². The number of furan rings is 1. The number of rotatable bonds is 9. The van der Waals surface area contributed by atoms with Gasteiger partial charge in [0.2, 0.25) is 0 Å². The lowest BCUT2D eigenvalue weighted by atomic mass is 10.2. The summed E-state index contributed by atoms with van der Waals surface area (Å²) < 4.78 is 22.8. The summed E-state index contributed by atoms with van der Waals surface area (Å²) in [6.45, 7) is 1.10. The van der Waals surface area contributed by atoms with Gasteiger partial charge in [-0.25, -0.2) is 0 Å². The Labute approximate surface area is 195 Å². The van der Waals surface area contributed by atoms with E-state index in [4.69, 9.17) is 30.8 Å². The van der Waals surface area contributed by atoms with E-state index in [1.165, 1.54) is 16.7 Å². The highest BCUT2D eigenvalue weighted by atomic mass is 32.2. The quantitative estimate of drug-likeness (QED) is 0.245. The van der Waals surface area contributed by atoms with Crippen molar-refractivity contribution in [3.63, 3.8) is 0 Å². The molecule has 1 aromatic heterocycles. The van der Waals surface area contributed by atoms with Crippen LogP contribution in [0.5, 0.6) is 17.2 Å². The highest BCUT2D eigenvalue weighted by Gasteiger charge is 2.32. The van der Waals surface area contributed by atoms with Gasteiger partial charge in [0.05, 0.1) is 24.8 Å². The van der Waals surface area contributed by atoms with Crippen LogP contribution in [0.2, 0.25) is 0 Å². The number of carbonyl (C=O) groups is 1. The van der Waals surface area contributed by atoms with Crippen molar-refractivity contribution in [3.05, 3.63) is 83.2 Å². The minimum absolute atomic E-state index is 0.145. The summed E-state index contributed by atoms with van der Waals surface area (Å²) in [6, 6.07) is 18.7. The molecule has 0 radical (unpaired) electrons. The Kier molecular flexibility index (Phi) is 7.14. The maximum atomic E-state index is 12.8. The first-order chi connectivity index (χ1) is 15.6. The minimum Gasteiger partial charge on any atom is -0.493 e. The predicted molar refractivity (Wildman–Crippen MR) is 128 cm³/mol. The third-order valence-electron chi connectivity index (χ3n) is 4.61. The molecule has 1 saturated heterocycles. The summed E-state index contributed by atoms with van der Waals surface area (Å²) in [5, 5.41) is 0. The van der Waals surface area contributed by atoms with E-state index in [0.717, 1.165) is 11.3 Å². The first kappa shape index (κ1) is 22.0. The molecule has 164 valence electrons. The maximum Gasteiger partial charge on any atom is 0.266 e. The van der Waals surface area contributed by atoms with Crippen LogP contribution in [0.4, 0.5) is 0 Å². The summed E-state index contributed by atoms with van der Waals surface area (Å²) in [7, 11) is 1.58. The highest BCUT2D eigenvalue weighted by Crippen LogP contribution is 2.35. The molecule has 0 saturated carbocycles. The largest absolute Gasteiger partial charge is 0.493 e. The second kappa shape index (κ2) is 10.4. The smallest absolute Gasteiger partial charge is 0.266 e. The van der Waals surface area contributed by atoms with Crippen LogP contribution in [0.25, 0.3) is 6.08 Å². The van der Waals surface area contributed by atoms with Gasteiger partial charge in [0.1, 0.15) is 29.0 Å².